The molecule has 0 N–H and O–H groups in total. The number of carbonyl (C=O) groups is 1. The molecule has 4 aromatic rings. The number of carbonyl (C=O) groups excluding carboxylic acids is 1. The van der Waals surface area contributed by atoms with Gasteiger partial charge in [-0.3, -0.25) is 14.2 Å². The van der Waals surface area contributed by atoms with E-state index < -0.39 is 0 Å². The average Bonchev–Trinajstić information content (AvgIpc) is 2.80. The predicted octanol–water partition coefficient (Wildman–Crippen LogP) is 3.08. The van der Waals surface area contributed by atoms with Gasteiger partial charge >= 0.3 is 0 Å². The van der Waals surface area contributed by atoms with Crippen LogP contribution < -0.4 is 10.5 Å². The van der Waals surface area contributed by atoms with Crippen molar-refractivity contribution in [2.45, 2.75) is 6.54 Å². The van der Waals surface area contributed by atoms with Crippen molar-refractivity contribution in [3.05, 3.63) is 101 Å². The second-order valence-corrected chi connectivity index (χ2v) is 6.96. The molecule has 146 valence electrons. The molecule has 2 aromatic carbocycles. The summed E-state index contributed by atoms with van der Waals surface area (Å²) in [5, 5.41) is 0. The number of hydrogen-bond acceptors (Lipinski definition) is 6. The number of fused-ring (bicyclic) bond motifs is 2. The van der Waals surface area contributed by atoms with Gasteiger partial charge in [-0.25, -0.2) is 15.0 Å². The van der Waals surface area contributed by atoms with Crippen LogP contribution in [0.1, 0.15) is 15.9 Å². The summed E-state index contributed by atoms with van der Waals surface area (Å²) in [6, 6.07) is 20.0. The molecule has 7 heteroatoms. The molecule has 0 unspecified atom stereocenters. The largest absolute Gasteiger partial charge is 0.304 e. The van der Waals surface area contributed by atoms with Crippen molar-refractivity contribution in [2.75, 3.05) is 11.4 Å². The molecule has 3 heterocycles. The molecule has 0 atom stereocenters. The number of benzene rings is 2. The number of rotatable bonds is 4. The summed E-state index contributed by atoms with van der Waals surface area (Å²) >= 11 is 0. The second kappa shape index (κ2) is 7.36. The van der Waals surface area contributed by atoms with Crippen molar-refractivity contribution in [2.24, 2.45) is 0 Å². The van der Waals surface area contributed by atoms with Crippen molar-refractivity contribution >= 4 is 17.4 Å². The number of nitrogens with zero attached hydrogens (tertiary/aromatic N) is 5. The van der Waals surface area contributed by atoms with Crippen LogP contribution in [0.3, 0.4) is 0 Å². The highest BCUT2D eigenvalue weighted by molar-refractivity contribution is 6.00. The molecule has 0 spiro atoms. The molecule has 0 aliphatic carbocycles. The summed E-state index contributed by atoms with van der Waals surface area (Å²) in [6.45, 7) is 0.470. The monoisotopic (exact) mass is 395 g/mol. The lowest BCUT2D eigenvalue weighted by Gasteiger charge is -2.32. The summed E-state index contributed by atoms with van der Waals surface area (Å²) in [6.07, 6.45) is 3.02. The number of ketones is 1. The van der Waals surface area contributed by atoms with Crippen molar-refractivity contribution in [1.29, 1.82) is 0 Å². The Kier molecular flexibility index (Phi) is 4.40. The quantitative estimate of drug-likeness (QED) is 0.494. The molecular formula is C23H17N5O2. The third-order valence-electron chi connectivity index (χ3n) is 5.08. The lowest BCUT2D eigenvalue weighted by Crippen LogP contribution is -2.37. The molecule has 0 radical (unpaired) electrons. The molecule has 0 bridgehead atoms. The molecule has 1 aliphatic heterocycles. The Balaban J connectivity index is 1.64. The molecule has 5 rings (SSSR count). The maximum atomic E-state index is 13.0. The summed E-state index contributed by atoms with van der Waals surface area (Å²) in [4.78, 5) is 40.6. The zero-order chi connectivity index (χ0) is 20.5. The van der Waals surface area contributed by atoms with Gasteiger partial charge in [0.1, 0.15) is 6.33 Å². The van der Waals surface area contributed by atoms with Gasteiger partial charge in [-0.2, -0.15) is 0 Å². The number of anilines is 2. The minimum atomic E-state index is -0.194. The lowest BCUT2D eigenvalue weighted by molar-refractivity contribution is 0.100. The molecule has 2 aromatic heterocycles. The van der Waals surface area contributed by atoms with E-state index in [0.717, 1.165) is 11.3 Å². The minimum absolute atomic E-state index is 0.0551. The van der Waals surface area contributed by atoms with Gasteiger partial charge in [0.2, 0.25) is 5.95 Å². The highest BCUT2D eigenvalue weighted by Gasteiger charge is 2.27. The van der Waals surface area contributed by atoms with E-state index in [2.05, 4.69) is 9.97 Å². The molecule has 1 aliphatic rings. The zero-order valence-electron chi connectivity index (χ0n) is 16.0. The Labute approximate surface area is 172 Å². The van der Waals surface area contributed by atoms with E-state index in [9.17, 15) is 9.59 Å². The topological polar surface area (TPSA) is 81.0 Å². The van der Waals surface area contributed by atoms with Gasteiger partial charge in [-0.15, -0.1) is 0 Å². The first-order valence-electron chi connectivity index (χ1n) is 9.53. The van der Waals surface area contributed by atoms with Crippen molar-refractivity contribution < 1.29 is 4.79 Å². The smallest absolute Gasteiger partial charge is 0.255 e. The van der Waals surface area contributed by atoms with Crippen LogP contribution in [0.15, 0.2) is 84.0 Å². The third-order valence-corrected chi connectivity index (χ3v) is 5.08. The van der Waals surface area contributed by atoms with Gasteiger partial charge < -0.3 is 4.90 Å². The van der Waals surface area contributed by atoms with Gasteiger partial charge in [-0.1, -0.05) is 48.5 Å². The van der Waals surface area contributed by atoms with Crippen LogP contribution in [0.2, 0.25) is 0 Å². The lowest BCUT2D eigenvalue weighted by atomic mass is 10.1. The standard InChI is InChI=1S/C23H17N5O2/c29-21(16-6-2-1-3-7-16)14-27-20-9-5-4-8-17(20)13-28-22(30)12-19(26-23(27)28)18-10-11-24-15-25-18/h1-12,15H,13-14H2. The van der Waals surface area contributed by atoms with Crippen molar-refractivity contribution in [3.63, 3.8) is 0 Å². The van der Waals surface area contributed by atoms with Gasteiger partial charge in [-0.05, 0) is 17.7 Å². The Bertz CT molecular complexity index is 1290. The van der Waals surface area contributed by atoms with Crippen LogP contribution in [0.25, 0.3) is 11.4 Å². The first-order chi connectivity index (χ1) is 14.7. The molecule has 0 fully saturated rings. The van der Waals surface area contributed by atoms with Crippen molar-refractivity contribution in [3.8, 4) is 11.4 Å². The SMILES string of the molecule is O=C(CN1c2ccccc2Cn2c1nc(-c1ccncn1)cc2=O)c1ccccc1. The van der Waals surface area contributed by atoms with Crippen LogP contribution in [0.5, 0.6) is 0 Å². The molecule has 0 saturated heterocycles. The number of aromatic nitrogens is 4. The summed E-state index contributed by atoms with van der Waals surface area (Å²) < 4.78 is 1.59. The van der Waals surface area contributed by atoms with E-state index in [1.165, 1.54) is 12.4 Å². The van der Waals surface area contributed by atoms with Crippen LogP contribution in [-0.4, -0.2) is 31.8 Å². The minimum Gasteiger partial charge on any atom is -0.304 e. The van der Waals surface area contributed by atoms with E-state index >= 15 is 0 Å². The third kappa shape index (κ3) is 3.16. The average molecular weight is 395 g/mol. The molecule has 7 nitrogen and oxygen atoms in total. The van der Waals surface area contributed by atoms with Crippen LogP contribution in [0.4, 0.5) is 11.6 Å². The van der Waals surface area contributed by atoms with Crippen LogP contribution in [0, 0.1) is 0 Å². The van der Waals surface area contributed by atoms with E-state index in [-0.39, 0.29) is 17.9 Å². The highest BCUT2D eigenvalue weighted by Crippen LogP contribution is 2.33. The first-order valence-corrected chi connectivity index (χ1v) is 9.53. The van der Waals surface area contributed by atoms with Crippen molar-refractivity contribution in [1.82, 2.24) is 19.5 Å². The number of para-hydroxylation sites is 1. The Morgan fingerprint density at radius 2 is 1.77 bits per heavy atom. The summed E-state index contributed by atoms with van der Waals surface area (Å²) in [7, 11) is 0. The fourth-order valence-electron chi connectivity index (χ4n) is 3.62. The fourth-order valence-corrected chi connectivity index (χ4v) is 3.62. The zero-order valence-corrected chi connectivity index (χ0v) is 16.0. The van der Waals surface area contributed by atoms with Crippen LogP contribution in [-0.2, 0) is 6.54 Å². The van der Waals surface area contributed by atoms with Gasteiger partial charge in [0, 0.05) is 23.5 Å². The summed E-state index contributed by atoms with van der Waals surface area (Å²) in [5.41, 5.74) is 3.25. The van der Waals surface area contributed by atoms with Gasteiger partial charge in [0.15, 0.2) is 5.78 Å². The maximum Gasteiger partial charge on any atom is 0.255 e. The molecular weight excluding hydrogens is 378 g/mol. The van der Waals surface area contributed by atoms with E-state index in [1.54, 1.807) is 33.9 Å². The molecule has 30 heavy (non-hydrogen) atoms. The van der Waals surface area contributed by atoms with E-state index in [1.807, 2.05) is 42.5 Å². The molecule has 0 amide bonds. The van der Waals surface area contributed by atoms with E-state index in [0.29, 0.717) is 29.4 Å². The maximum absolute atomic E-state index is 13.0. The summed E-state index contributed by atoms with van der Waals surface area (Å²) in [5.74, 6) is 0.375. The predicted molar refractivity (Wildman–Crippen MR) is 113 cm³/mol. The number of Topliss-reactive ketones (excluding diaryl/α,β-unsaturated/α-hetero) is 1. The fraction of sp³-hybridized carbons (Fsp3) is 0.0870. The Hall–Kier alpha value is -4.13. The van der Waals surface area contributed by atoms with Crippen LogP contribution >= 0.6 is 0 Å². The number of hydrogen-bond donors (Lipinski definition) is 0. The van der Waals surface area contributed by atoms with E-state index in [4.69, 9.17) is 4.98 Å². The second-order valence-electron chi connectivity index (χ2n) is 6.96. The first kappa shape index (κ1) is 17.9. The Morgan fingerprint density at radius 3 is 2.57 bits per heavy atom. The normalized spacial score (nSPS) is 12.2. The molecule has 0 saturated carbocycles. The van der Waals surface area contributed by atoms with Gasteiger partial charge in [0.25, 0.3) is 5.56 Å². The Morgan fingerprint density at radius 1 is 0.967 bits per heavy atom. The van der Waals surface area contributed by atoms with Gasteiger partial charge in [0.05, 0.1) is 24.5 Å². The highest BCUT2D eigenvalue weighted by atomic mass is 16.1.